The molecule has 1 heterocycles. The van der Waals surface area contributed by atoms with Crippen LogP contribution >= 0.6 is 0 Å². The smallest absolute Gasteiger partial charge is 0.329 e. The maximum absolute atomic E-state index is 12.0. The number of aliphatic carboxylic acids is 1. The first-order valence-electron chi connectivity index (χ1n) is 6.88. The minimum atomic E-state index is -1.03. The first kappa shape index (κ1) is 14.1. The van der Waals surface area contributed by atoms with Gasteiger partial charge in [-0.2, -0.15) is 0 Å². The molecule has 6 nitrogen and oxygen atoms in total. The molecule has 2 aliphatic rings. The van der Waals surface area contributed by atoms with Crippen LogP contribution in [0, 0.1) is 5.92 Å². The fourth-order valence-corrected chi connectivity index (χ4v) is 2.64. The summed E-state index contributed by atoms with van der Waals surface area (Å²) in [6, 6.07) is -0.298. The Bertz CT molecular complexity index is 349. The highest BCUT2D eigenvalue weighted by Gasteiger charge is 2.46. The second kappa shape index (κ2) is 5.77. The number of carbonyl (C=O) groups excluding carboxylic acids is 1. The van der Waals surface area contributed by atoms with Gasteiger partial charge in [0, 0.05) is 26.1 Å². The van der Waals surface area contributed by atoms with E-state index in [1.165, 1.54) is 0 Å². The highest BCUT2D eigenvalue weighted by Crippen LogP contribution is 2.32. The Balaban J connectivity index is 1.83. The normalized spacial score (nSPS) is 25.2. The van der Waals surface area contributed by atoms with Crippen molar-refractivity contribution >= 4 is 12.0 Å². The third-order valence-electron chi connectivity index (χ3n) is 4.10. The van der Waals surface area contributed by atoms with Gasteiger partial charge >= 0.3 is 12.0 Å². The van der Waals surface area contributed by atoms with E-state index >= 15 is 0 Å². The largest absolute Gasteiger partial charge is 0.480 e. The second-order valence-electron chi connectivity index (χ2n) is 5.63. The summed E-state index contributed by atoms with van der Waals surface area (Å²) in [7, 11) is 1.71. The molecule has 1 atom stereocenters. The number of carboxylic acid groups (broad SMARTS) is 1. The molecule has 2 fully saturated rings. The van der Waals surface area contributed by atoms with Gasteiger partial charge in [0.05, 0.1) is 6.61 Å². The lowest BCUT2D eigenvalue weighted by molar-refractivity contribution is -0.148. The van der Waals surface area contributed by atoms with Crippen molar-refractivity contribution in [1.82, 2.24) is 10.2 Å². The Morgan fingerprint density at radius 3 is 2.63 bits per heavy atom. The zero-order chi connectivity index (χ0) is 13.9. The fraction of sp³-hybridized carbons (Fsp3) is 0.846. The third kappa shape index (κ3) is 3.18. The summed E-state index contributed by atoms with van der Waals surface area (Å²) >= 11 is 0. The van der Waals surface area contributed by atoms with E-state index in [1.807, 2.05) is 0 Å². The number of carboxylic acids is 1. The topological polar surface area (TPSA) is 78.9 Å². The standard InChI is InChI=1S/C13H22N2O4/c1-15(8-10-4-2-7-19-9-10)12(18)14-13(11(16)17)5-3-6-13/h10H,2-9H2,1H3,(H,14,18)(H,16,17). The van der Waals surface area contributed by atoms with Gasteiger partial charge in [0.2, 0.25) is 0 Å². The molecule has 0 aromatic rings. The van der Waals surface area contributed by atoms with Gasteiger partial charge in [-0.15, -0.1) is 0 Å². The van der Waals surface area contributed by atoms with Crippen LogP contribution in [-0.2, 0) is 9.53 Å². The van der Waals surface area contributed by atoms with Crippen LogP contribution in [0.4, 0.5) is 4.79 Å². The number of ether oxygens (including phenoxy) is 1. The number of amides is 2. The lowest BCUT2D eigenvalue weighted by atomic mass is 9.77. The fourth-order valence-electron chi connectivity index (χ4n) is 2.64. The lowest BCUT2D eigenvalue weighted by Gasteiger charge is -2.39. The Kier molecular flexibility index (Phi) is 4.29. The molecule has 1 saturated heterocycles. The van der Waals surface area contributed by atoms with Gasteiger partial charge < -0.3 is 20.1 Å². The highest BCUT2D eigenvalue weighted by atomic mass is 16.5. The summed E-state index contributed by atoms with van der Waals surface area (Å²) in [6.45, 7) is 2.10. The van der Waals surface area contributed by atoms with E-state index in [9.17, 15) is 14.7 Å². The molecular weight excluding hydrogens is 248 g/mol. The minimum Gasteiger partial charge on any atom is -0.480 e. The summed E-state index contributed by atoms with van der Waals surface area (Å²) in [5, 5.41) is 11.8. The van der Waals surface area contributed by atoms with E-state index in [-0.39, 0.29) is 6.03 Å². The van der Waals surface area contributed by atoms with Crippen LogP contribution in [0.25, 0.3) is 0 Å². The molecular formula is C13H22N2O4. The number of urea groups is 1. The zero-order valence-electron chi connectivity index (χ0n) is 11.4. The van der Waals surface area contributed by atoms with Crippen molar-refractivity contribution in [2.75, 3.05) is 26.8 Å². The number of rotatable bonds is 4. The molecule has 6 heteroatoms. The van der Waals surface area contributed by atoms with E-state index in [2.05, 4.69) is 5.32 Å². The van der Waals surface area contributed by atoms with Gasteiger partial charge in [-0.05, 0) is 32.1 Å². The monoisotopic (exact) mass is 270 g/mol. The van der Waals surface area contributed by atoms with Gasteiger partial charge in [-0.25, -0.2) is 9.59 Å². The van der Waals surface area contributed by atoms with Crippen molar-refractivity contribution in [1.29, 1.82) is 0 Å². The molecule has 0 bridgehead atoms. The molecule has 0 aromatic carbocycles. The van der Waals surface area contributed by atoms with Crippen LogP contribution < -0.4 is 5.32 Å². The Hall–Kier alpha value is -1.30. The second-order valence-corrected chi connectivity index (χ2v) is 5.63. The highest BCUT2D eigenvalue weighted by molar-refractivity contribution is 5.87. The van der Waals surface area contributed by atoms with E-state index in [0.717, 1.165) is 25.9 Å². The summed E-state index contributed by atoms with van der Waals surface area (Å²) < 4.78 is 5.38. The molecule has 0 aromatic heterocycles. The minimum absolute atomic E-state index is 0.298. The predicted octanol–water partition coefficient (Wildman–Crippen LogP) is 1.06. The van der Waals surface area contributed by atoms with E-state index in [0.29, 0.717) is 31.9 Å². The van der Waals surface area contributed by atoms with Crippen molar-refractivity contribution < 1.29 is 19.4 Å². The van der Waals surface area contributed by atoms with Crippen molar-refractivity contribution in [3.05, 3.63) is 0 Å². The Morgan fingerprint density at radius 1 is 1.42 bits per heavy atom. The molecule has 2 N–H and O–H groups in total. The van der Waals surface area contributed by atoms with Crippen molar-refractivity contribution in [3.63, 3.8) is 0 Å². The molecule has 2 rings (SSSR count). The van der Waals surface area contributed by atoms with Crippen LogP contribution in [0.5, 0.6) is 0 Å². The van der Waals surface area contributed by atoms with Gasteiger partial charge in [0.1, 0.15) is 5.54 Å². The maximum atomic E-state index is 12.0. The predicted molar refractivity (Wildman–Crippen MR) is 68.9 cm³/mol. The third-order valence-corrected chi connectivity index (χ3v) is 4.10. The summed E-state index contributed by atoms with van der Waals surface area (Å²) in [4.78, 5) is 24.8. The first-order chi connectivity index (χ1) is 9.03. The number of carbonyl (C=O) groups is 2. The van der Waals surface area contributed by atoms with Crippen LogP contribution in [0.1, 0.15) is 32.1 Å². The maximum Gasteiger partial charge on any atom is 0.329 e. The molecule has 1 aliphatic carbocycles. The molecule has 1 saturated carbocycles. The molecule has 0 radical (unpaired) electrons. The van der Waals surface area contributed by atoms with Crippen molar-refractivity contribution in [3.8, 4) is 0 Å². The average molecular weight is 270 g/mol. The number of nitrogens with one attached hydrogen (secondary N) is 1. The summed E-state index contributed by atoms with van der Waals surface area (Å²) in [6.07, 6.45) is 3.98. The summed E-state index contributed by atoms with van der Waals surface area (Å²) in [5.41, 5.74) is -1.03. The van der Waals surface area contributed by atoms with E-state index in [4.69, 9.17) is 4.74 Å². The number of nitrogens with zero attached hydrogens (tertiary/aromatic N) is 1. The molecule has 1 unspecified atom stereocenters. The SMILES string of the molecule is CN(CC1CCCOC1)C(=O)NC1(C(=O)O)CCC1. The Labute approximate surface area is 113 Å². The van der Waals surface area contributed by atoms with Crippen LogP contribution in [0.15, 0.2) is 0 Å². The van der Waals surface area contributed by atoms with Crippen molar-refractivity contribution in [2.24, 2.45) is 5.92 Å². The quantitative estimate of drug-likeness (QED) is 0.800. The van der Waals surface area contributed by atoms with Crippen LogP contribution in [0.2, 0.25) is 0 Å². The van der Waals surface area contributed by atoms with Gasteiger partial charge in [-0.1, -0.05) is 0 Å². The molecule has 108 valence electrons. The Morgan fingerprint density at radius 2 is 2.16 bits per heavy atom. The van der Waals surface area contributed by atoms with E-state index in [1.54, 1.807) is 11.9 Å². The van der Waals surface area contributed by atoms with Gasteiger partial charge in [-0.3, -0.25) is 0 Å². The lowest BCUT2D eigenvalue weighted by Crippen LogP contribution is -2.61. The van der Waals surface area contributed by atoms with Crippen LogP contribution in [0.3, 0.4) is 0 Å². The average Bonchev–Trinajstić information content (AvgIpc) is 2.34. The zero-order valence-corrected chi connectivity index (χ0v) is 11.4. The molecule has 0 spiro atoms. The van der Waals surface area contributed by atoms with Gasteiger partial charge in [0.25, 0.3) is 0 Å². The van der Waals surface area contributed by atoms with E-state index < -0.39 is 11.5 Å². The van der Waals surface area contributed by atoms with Crippen LogP contribution in [-0.4, -0.2) is 54.4 Å². The molecule has 2 amide bonds. The molecule has 1 aliphatic heterocycles. The number of hydrogen-bond acceptors (Lipinski definition) is 3. The summed E-state index contributed by atoms with van der Waals surface area (Å²) in [5.74, 6) is -0.576. The van der Waals surface area contributed by atoms with Crippen molar-refractivity contribution in [2.45, 2.75) is 37.6 Å². The molecule has 19 heavy (non-hydrogen) atoms. The van der Waals surface area contributed by atoms with Gasteiger partial charge in [0.15, 0.2) is 0 Å². The first-order valence-corrected chi connectivity index (χ1v) is 6.88. The number of hydrogen-bond donors (Lipinski definition) is 2.